The Labute approximate surface area is 128 Å². The molecule has 0 spiro atoms. The zero-order valence-corrected chi connectivity index (χ0v) is 12.0. The lowest BCUT2D eigenvalue weighted by molar-refractivity contribution is -0.138. The number of hydrogen-bond donors (Lipinski definition) is 1. The molecule has 7 heteroatoms. The van der Waals surface area contributed by atoms with Crippen molar-refractivity contribution in [3.8, 4) is 0 Å². The first-order valence-electron chi connectivity index (χ1n) is 5.82. The van der Waals surface area contributed by atoms with Gasteiger partial charge in [-0.25, -0.2) is 4.39 Å². The Bertz CT molecular complexity index is 656. The van der Waals surface area contributed by atoms with Crippen molar-refractivity contribution in [2.75, 3.05) is 5.32 Å². The molecule has 112 valence electrons. The third-order valence-corrected chi connectivity index (χ3v) is 3.33. The third-order valence-electron chi connectivity index (χ3n) is 2.78. The molecule has 0 bridgehead atoms. The fourth-order valence-corrected chi connectivity index (χ4v) is 2.27. The molecular weight excluding hydrogens is 329 g/mol. The number of benzene rings is 2. The number of alkyl halides is 3. The van der Waals surface area contributed by atoms with E-state index in [2.05, 4.69) is 5.32 Å². The Kier molecular flexibility index (Phi) is 4.64. The summed E-state index contributed by atoms with van der Waals surface area (Å²) in [7, 11) is 0. The van der Waals surface area contributed by atoms with Crippen LogP contribution in [0, 0.1) is 5.82 Å². The van der Waals surface area contributed by atoms with Gasteiger partial charge in [-0.05, 0) is 35.9 Å². The van der Waals surface area contributed by atoms with E-state index in [1.165, 1.54) is 6.07 Å². The summed E-state index contributed by atoms with van der Waals surface area (Å²) in [6.07, 6.45) is -4.62. The molecule has 2 aromatic carbocycles. The molecule has 0 fully saturated rings. The summed E-state index contributed by atoms with van der Waals surface area (Å²) in [4.78, 5) is 0. The van der Waals surface area contributed by atoms with Crippen molar-refractivity contribution in [2.24, 2.45) is 0 Å². The zero-order chi connectivity index (χ0) is 15.6. The molecule has 21 heavy (non-hydrogen) atoms. The van der Waals surface area contributed by atoms with Gasteiger partial charge in [0.15, 0.2) is 0 Å². The summed E-state index contributed by atoms with van der Waals surface area (Å²) in [5, 5.41) is 3.49. The van der Waals surface area contributed by atoms with Gasteiger partial charge in [0.2, 0.25) is 0 Å². The number of nitrogens with one attached hydrogen (secondary N) is 1. The number of anilines is 1. The number of rotatable bonds is 3. The predicted molar refractivity (Wildman–Crippen MR) is 75.2 cm³/mol. The Hall–Kier alpha value is -1.46. The normalized spacial score (nSPS) is 11.5. The fourth-order valence-electron chi connectivity index (χ4n) is 1.79. The second-order valence-corrected chi connectivity index (χ2v) is 5.12. The van der Waals surface area contributed by atoms with Crippen LogP contribution in [-0.4, -0.2) is 0 Å². The highest BCUT2D eigenvalue weighted by molar-refractivity contribution is 6.36. The molecule has 0 atom stereocenters. The van der Waals surface area contributed by atoms with Crippen LogP contribution in [0.5, 0.6) is 0 Å². The minimum Gasteiger partial charge on any atom is -0.380 e. The summed E-state index contributed by atoms with van der Waals surface area (Å²) in [5.41, 5.74) is -0.645. The lowest BCUT2D eigenvalue weighted by atomic mass is 10.1. The second kappa shape index (κ2) is 6.12. The molecule has 0 saturated heterocycles. The van der Waals surface area contributed by atoms with Crippen molar-refractivity contribution >= 4 is 28.9 Å². The maximum Gasteiger partial charge on any atom is 0.416 e. The maximum atomic E-state index is 13.0. The average Bonchev–Trinajstić information content (AvgIpc) is 2.38. The lowest BCUT2D eigenvalue weighted by Crippen LogP contribution is -2.12. The van der Waals surface area contributed by atoms with Crippen LogP contribution < -0.4 is 5.32 Å². The first-order valence-corrected chi connectivity index (χ1v) is 6.57. The van der Waals surface area contributed by atoms with Crippen LogP contribution in [0.2, 0.25) is 10.0 Å². The van der Waals surface area contributed by atoms with Crippen LogP contribution in [0.25, 0.3) is 0 Å². The SMILES string of the molecule is Fc1ccc(CNc2ccc(Cl)cc2Cl)c(C(F)(F)F)c1. The van der Waals surface area contributed by atoms with E-state index in [0.717, 1.165) is 12.1 Å². The summed E-state index contributed by atoms with van der Waals surface area (Å²) >= 11 is 11.7. The zero-order valence-electron chi connectivity index (χ0n) is 10.4. The molecule has 0 radical (unpaired) electrons. The molecule has 0 aromatic heterocycles. The van der Waals surface area contributed by atoms with Gasteiger partial charge in [0.25, 0.3) is 0 Å². The van der Waals surface area contributed by atoms with Crippen LogP contribution in [0.3, 0.4) is 0 Å². The highest BCUT2D eigenvalue weighted by atomic mass is 35.5. The molecule has 1 nitrogen and oxygen atoms in total. The molecule has 0 aliphatic carbocycles. The van der Waals surface area contributed by atoms with Gasteiger partial charge in [0.05, 0.1) is 16.3 Å². The second-order valence-electron chi connectivity index (χ2n) is 4.28. The van der Waals surface area contributed by atoms with E-state index in [1.807, 2.05) is 0 Å². The molecule has 0 amide bonds. The molecule has 0 unspecified atom stereocenters. The van der Waals surface area contributed by atoms with Crippen LogP contribution >= 0.6 is 23.2 Å². The van der Waals surface area contributed by atoms with Crippen molar-refractivity contribution in [2.45, 2.75) is 12.7 Å². The highest BCUT2D eigenvalue weighted by Gasteiger charge is 2.33. The van der Waals surface area contributed by atoms with Gasteiger partial charge < -0.3 is 5.32 Å². The minimum atomic E-state index is -4.62. The first kappa shape index (κ1) is 15.9. The van der Waals surface area contributed by atoms with Crippen molar-refractivity contribution in [1.29, 1.82) is 0 Å². The van der Waals surface area contributed by atoms with Crippen LogP contribution in [0.4, 0.5) is 23.2 Å². The van der Waals surface area contributed by atoms with Gasteiger partial charge in [0, 0.05) is 11.6 Å². The highest BCUT2D eigenvalue weighted by Crippen LogP contribution is 2.33. The van der Waals surface area contributed by atoms with E-state index in [9.17, 15) is 17.6 Å². The molecule has 0 aliphatic rings. The van der Waals surface area contributed by atoms with Crippen molar-refractivity contribution in [1.82, 2.24) is 0 Å². The minimum absolute atomic E-state index is 0.0742. The molecule has 1 N–H and O–H groups in total. The third kappa shape index (κ3) is 4.02. The summed E-state index contributed by atoms with van der Waals surface area (Å²) in [5.74, 6) is -0.935. The Morgan fingerprint density at radius 3 is 2.33 bits per heavy atom. The van der Waals surface area contributed by atoms with E-state index in [-0.39, 0.29) is 17.1 Å². The smallest absolute Gasteiger partial charge is 0.380 e. The van der Waals surface area contributed by atoms with Crippen molar-refractivity contribution in [3.63, 3.8) is 0 Å². The molecule has 0 saturated carbocycles. The van der Waals surface area contributed by atoms with Crippen LogP contribution in [0.1, 0.15) is 11.1 Å². The van der Waals surface area contributed by atoms with Crippen molar-refractivity contribution < 1.29 is 17.6 Å². The van der Waals surface area contributed by atoms with Crippen LogP contribution in [0.15, 0.2) is 36.4 Å². The Morgan fingerprint density at radius 1 is 1.00 bits per heavy atom. The quantitative estimate of drug-likeness (QED) is 0.701. The van der Waals surface area contributed by atoms with Gasteiger partial charge in [0.1, 0.15) is 5.82 Å². The topological polar surface area (TPSA) is 12.0 Å². The number of hydrogen-bond acceptors (Lipinski definition) is 1. The summed E-state index contributed by atoms with van der Waals surface area (Å²) < 4.78 is 51.5. The average molecular weight is 338 g/mol. The monoisotopic (exact) mass is 337 g/mol. The standard InChI is InChI=1S/C14H9Cl2F4N/c15-9-2-4-13(12(16)5-9)21-7-8-1-3-10(17)6-11(8)14(18,19)20/h1-6,21H,7H2. The van der Waals surface area contributed by atoms with Gasteiger partial charge in [-0.15, -0.1) is 0 Å². The first-order chi connectivity index (χ1) is 9.77. The Balaban J connectivity index is 2.24. The number of halogens is 6. The largest absolute Gasteiger partial charge is 0.416 e. The van der Waals surface area contributed by atoms with E-state index >= 15 is 0 Å². The summed E-state index contributed by atoms with van der Waals surface area (Å²) in [6, 6.07) is 7.14. The Morgan fingerprint density at radius 2 is 1.71 bits per heavy atom. The van der Waals surface area contributed by atoms with Gasteiger partial charge in [-0.3, -0.25) is 0 Å². The predicted octanol–water partition coefficient (Wildman–Crippen LogP) is 5.76. The molecule has 2 rings (SSSR count). The van der Waals surface area contributed by atoms with Crippen LogP contribution in [-0.2, 0) is 12.7 Å². The van der Waals surface area contributed by atoms with Gasteiger partial charge in [-0.1, -0.05) is 29.3 Å². The molecular formula is C14H9Cl2F4N. The summed E-state index contributed by atoms with van der Waals surface area (Å²) in [6.45, 7) is -0.142. The fraction of sp³-hybridized carbons (Fsp3) is 0.143. The van der Waals surface area contributed by atoms with Crippen molar-refractivity contribution in [3.05, 3.63) is 63.4 Å². The molecule has 0 aliphatic heterocycles. The molecule has 0 heterocycles. The maximum absolute atomic E-state index is 13.0. The van der Waals surface area contributed by atoms with E-state index in [1.54, 1.807) is 12.1 Å². The lowest BCUT2D eigenvalue weighted by Gasteiger charge is -2.15. The van der Waals surface area contributed by atoms with Gasteiger partial charge in [-0.2, -0.15) is 13.2 Å². The van der Waals surface area contributed by atoms with E-state index < -0.39 is 17.6 Å². The van der Waals surface area contributed by atoms with Gasteiger partial charge >= 0.3 is 6.18 Å². The van der Waals surface area contributed by atoms with E-state index in [0.29, 0.717) is 16.8 Å². The molecule has 2 aromatic rings. The van der Waals surface area contributed by atoms with E-state index in [4.69, 9.17) is 23.2 Å².